The first-order valence-corrected chi connectivity index (χ1v) is 20.3. The number of fused-ring (bicyclic) bond motifs is 6. The summed E-state index contributed by atoms with van der Waals surface area (Å²) in [5, 5.41) is 1.44. The van der Waals surface area contributed by atoms with Crippen molar-refractivity contribution >= 4 is 33.7 Å². The van der Waals surface area contributed by atoms with E-state index < -0.39 is 11.9 Å². The highest BCUT2D eigenvalue weighted by Gasteiger charge is 2.40. The van der Waals surface area contributed by atoms with Gasteiger partial charge in [-0.05, 0) is 113 Å². The van der Waals surface area contributed by atoms with Gasteiger partial charge in [0.25, 0.3) is 0 Å². The Kier molecular flexibility index (Phi) is 9.45. The Balaban J connectivity index is 0.756. The van der Waals surface area contributed by atoms with Crippen molar-refractivity contribution in [3.8, 4) is 45.5 Å². The first-order valence-electron chi connectivity index (χ1n) is 20.3. The summed E-state index contributed by atoms with van der Waals surface area (Å²) in [6.45, 7) is 0. The van der Waals surface area contributed by atoms with Gasteiger partial charge in [-0.1, -0.05) is 12.1 Å². The lowest BCUT2D eigenvalue weighted by Crippen LogP contribution is -2.43. The molecule has 4 fully saturated rings. The molecule has 12 heteroatoms. The molecule has 0 radical (unpaired) electrons. The number of carbonyl (C=O) groups is 2. The minimum atomic E-state index is -0.710. The van der Waals surface area contributed by atoms with E-state index in [0.717, 1.165) is 81.9 Å². The number of aromatic amines is 2. The van der Waals surface area contributed by atoms with Crippen LogP contribution >= 0.6 is 0 Å². The number of pyridine rings is 2. The van der Waals surface area contributed by atoms with E-state index in [1.807, 2.05) is 73.1 Å². The summed E-state index contributed by atoms with van der Waals surface area (Å²) < 4.78 is 23.9. The number of hydrogen-bond donors (Lipinski definition) is 2. The average Bonchev–Trinajstić information content (AvgIpc) is 3.92. The van der Waals surface area contributed by atoms with Crippen LogP contribution in [-0.2, 0) is 9.59 Å². The number of carbonyl (C=O) groups excluding carboxylic acids is 2. The van der Waals surface area contributed by atoms with Gasteiger partial charge in [-0.15, -0.1) is 0 Å². The zero-order valence-electron chi connectivity index (χ0n) is 32.6. The smallest absolute Gasteiger partial charge is 0.336 e. The molecule has 4 saturated heterocycles. The van der Waals surface area contributed by atoms with Crippen LogP contribution in [0.3, 0.4) is 0 Å². The molecular formula is C46H46N6O6. The third-order valence-electron chi connectivity index (χ3n) is 12.9. The van der Waals surface area contributed by atoms with E-state index in [2.05, 4.69) is 43.8 Å². The number of nitrogens with zero attached hydrogens (tertiary/aromatic N) is 4. The summed E-state index contributed by atoms with van der Waals surface area (Å²) in [5.41, 5.74) is 5.27. The number of piperidine rings is 2. The van der Waals surface area contributed by atoms with E-state index in [9.17, 15) is 9.59 Å². The van der Waals surface area contributed by atoms with Crippen molar-refractivity contribution in [2.75, 3.05) is 14.1 Å². The molecule has 0 saturated carbocycles. The van der Waals surface area contributed by atoms with Gasteiger partial charge in [0.15, 0.2) is 11.5 Å². The number of benzene rings is 2. The lowest BCUT2D eigenvalue weighted by molar-refractivity contribution is -0.131. The Morgan fingerprint density at radius 3 is 1.36 bits per heavy atom. The molecule has 4 unspecified atom stereocenters. The summed E-state index contributed by atoms with van der Waals surface area (Å²) in [6.07, 6.45) is 18.5. The second-order valence-electron chi connectivity index (χ2n) is 16.3. The molecule has 0 aliphatic carbocycles. The number of hydrogen-bond acceptors (Lipinski definition) is 10. The summed E-state index contributed by atoms with van der Waals surface area (Å²) in [5.74, 6) is 0.533. The minimum Gasteiger partial charge on any atom is -0.474 e. The average molecular weight is 779 g/mol. The van der Waals surface area contributed by atoms with Gasteiger partial charge in [-0.3, -0.25) is 0 Å². The van der Waals surface area contributed by atoms with Crippen LogP contribution in [0.2, 0.25) is 0 Å². The minimum absolute atomic E-state index is 0.190. The van der Waals surface area contributed by atoms with Gasteiger partial charge >= 0.3 is 11.9 Å². The molecule has 6 aromatic rings. The molecule has 4 atom stereocenters. The van der Waals surface area contributed by atoms with E-state index in [1.165, 1.54) is 25.7 Å². The van der Waals surface area contributed by atoms with E-state index >= 15 is 0 Å². The maximum atomic E-state index is 12.9. The standard InChI is InChI=1S/C46H46N6O6/c1-51-31-7-8-32(51)20-35(19-31)55-43-13-5-29(23-49-43)27-3-11-39-37(17-27)41(25-47-39)57-45(53)15-16-46(54)58-42-26-48-40-12-4-28(18-38(40)42)30-6-14-44(50-24-30)56-36-21-33-9-10-34(22-36)52(33)2/h3-6,11-18,23-26,31-36,47-48H,7-10,19-22H2,1-2H3/b16-15+. The first-order chi connectivity index (χ1) is 28.3. The normalized spacial score (nSPS) is 24.4. The van der Waals surface area contributed by atoms with Crippen LogP contribution in [0.15, 0.2) is 97.6 Å². The molecule has 4 aliphatic rings. The van der Waals surface area contributed by atoms with Crippen LogP contribution in [-0.4, -0.2) is 92.1 Å². The molecule has 296 valence electrons. The molecule has 58 heavy (non-hydrogen) atoms. The van der Waals surface area contributed by atoms with E-state index in [4.69, 9.17) is 18.9 Å². The maximum absolute atomic E-state index is 12.9. The zero-order valence-corrected chi connectivity index (χ0v) is 32.6. The molecule has 2 N–H and O–H groups in total. The Hall–Kier alpha value is -5.98. The lowest BCUT2D eigenvalue weighted by Gasteiger charge is -2.36. The topological polar surface area (TPSA) is 135 Å². The Morgan fingerprint density at radius 2 is 0.983 bits per heavy atom. The molecule has 0 amide bonds. The van der Waals surface area contributed by atoms with Crippen LogP contribution in [0.5, 0.6) is 23.3 Å². The zero-order chi connectivity index (χ0) is 39.3. The summed E-state index contributed by atoms with van der Waals surface area (Å²) in [7, 11) is 4.45. The predicted octanol–water partition coefficient (Wildman–Crippen LogP) is 7.85. The molecule has 4 aliphatic heterocycles. The molecule has 12 nitrogen and oxygen atoms in total. The first kappa shape index (κ1) is 36.4. The fraction of sp³-hybridized carbons (Fsp3) is 0.348. The van der Waals surface area contributed by atoms with Gasteiger partial charge in [0, 0.05) is 106 Å². The largest absolute Gasteiger partial charge is 0.474 e. The molecule has 4 aromatic heterocycles. The van der Waals surface area contributed by atoms with Crippen LogP contribution in [0.25, 0.3) is 44.1 Å². The SMILES string of the molecule is CN1C2CCC1CC(Oc1ccc(-c3ccc4[nH]cc(OC(=O)/C=C/C(=O)Oc5c[nH]c6ccc(-c7ccc(OC8CC9CCC(C8)N9C)nc7)cc56)c4c3)cn1)C2. The number of nitrogens with one attached hydrogen (secondary N) is 2. The number of esters is 2. The molecule has 4 bridgehead atoms. The number of aromatic nitrogens is 4. The monoisotopic (exact) mass is 778 g/mol. The van der Waals surface area contributed by atoms with Gasteiger partial charge in [-0.25, -0.2) is 19.6 Å². The van der Waals surface area contributed by atoms with E-state index in [1.54, 1.807) is 12.4 Å². The van der Waals surface area contributed by atoms with Crippen LogP contribution in [0.4, 0.5) is 0 Å². The van der Waals surface area contributed by atoms with Gasteiger partial charge in [-0.2, -0.15) is 0 Å². The third kappa shape index (κ3) is 7.22. The second-order valence-corrected chi connectivity index (χ2v) is 16.3. The number of H-pyrrole nitrogens is 2. The predicted molar refractivity (Wildman–Crippen MR) is 220 cm³/mol. The Labute approximate surface area is 336 Å². The van der Waals surface area contributed by atoms with Crippen molar-refractivity contribution in [1.29, 1.82) is 0 Å². The van der Waals surface area contributed by atoms with Crippen LogP contribution in [0.1, 0.15) is 51.4 Å². The van der Waals surface area contributed by atoms with Crippen molar-refractivity contribution in [3.05, 3.63) is 97.6 Å². The van der Waals surface area contributed by atoms with Gasteiger partial charge in [0.1, 0.15) is 12.2 Å². The molecule has 0 spiro atoms. The Bertz CT molecular complexity index is 2310. The van der Waals surface area contributed by atoms with Crippen molar-refractivity contribution < 1.29 is 28.5 Å². The highest BCUT2D eigenvalue weighted by atomic mass is 16.5. The number of rotatable bonds is 10. The van der Waals surface area contributed by atoms with Gasteiger partial charge in [0.05, 0.1) is 0 Å². The molecular weight excluding hydrogens is 733 g/mol. The second kappa shape index (κ2) is 15.1. The fourth-order valence-corrected chi connectivity index (χ4v) is 9.64. The fourth-order valence-electron chi connectivity index (χ4n) is 9.64. The molecule has 10 rings (SSSR count). The summed E-state index contributed by atoms with van der Waals surface area (Å²) in [6, 6.07) is 22.0. The third-order valence-corrected chi connectivity index (χ3v) is 12.9. The van der Waals surface area contributed by atoms with Crippen molar-refractivity contribution in [2.45, 2.75) is 87.7 Å². The van der Waals surface area contributed by atoms with Crippen molar-refractivity contribution in [1.82, 2.24) is 29.7 Å². The number of ether oxygens (including phenoxy) is 4. The van der Waals surface area contributed by atoms with E-state index in [-0.39, 0.29) is 12.2 Å². The Morgan fingerprint density at radius 1 is 0.586 bits per heavy atom. The maximum Gasteiger partial charge on any atom is 0.336 e. The van der Waals surface area contributed by atoms with Crippen LogP contribution in [0, 0.1) is 0 Å². The highest BCUT2D eigenvalue weighted by molar-refractivity contribution is 5.98. The van der Waals surface area contributed by atoms with Crippen LogP contribution < -0.4 is 18.9 Å². The molecule has 8 heterocycles. The lowest BCUT2D eigenvalue weighted by atomic mass is 10.0. The van der Waals surface area contributed by atoms with E-state index in [0.29, 0.717) is 47.4 Å². The highest BCUT2D eigenvalue weighted by Crippen LogP contribution is 2.38. The summed E-state index contributed by atoms with van der Waals surface area (Å²) >= 11 is 0. The molecule has 2 aromatic carbocycles. The van der Waals surface area contributed by atoms with Gasteiger partial charge in [0.2, 0.25) is 11.8 Å². The van der Waals surface area contributed by atoms with Gasteiger partial charge < -0.3 is 38.7 Å². The van der Waals surface area contributed by atoms with Crippen molar-refractivity contribution in [2.24, 2.45) is 0 Å². The summed E-state index contributed by atoms with van der Waals surface area (Å²) in [4.78, 5) is 46.3. The quantitative estimate of drug-likeness (QED) is 0.105. The van der Waals surface area contributed by atoms with Crippen molar-refractivity contribution in [3.63, 3.8) is 0 Å².